The van der Waals surface area contributed by atoms with Gasteiger partial charge in [0.05, 0.1) is 0 Å². The number of benzene rings is 1. The summed E-state index contributed by atoms with van der Waals surface area (Å²) >= 11 is 5.86. The third kappa shape index (κ3) is 5.88. The first kappa shape index (κ1) is 19.5. The fourth-order valence-electron chi connectivity index (χ4n) is 3.34. The second kappa shape index (κ2) is 9.62. The Bertz CT molecular complexity index is 765. The van der Waals surface area contributed by atoms with Crippen LogP contribution in [-0.4, -0.2) is 41.2 Å². The average molecular weight is 386 g/mol. The van der Waals surface area contributed by atoms with Crippen molar-refractivity contribution in [3.8, 4) is 0 Å². The van der Waals surface area contributed by atoms with Gasteiger partial charge in [-0.3, -0.25) is 14.6 Å². The van der Waals surface area contributed by atoms with Crippen LogP contribution in [0.4, 0.5) is 0 Å². The molecule has 3 rings (SSSR count). The third-order valence-corrected chi connectivity index (χ3v) is 5.10. The first-order valence-corrected chi connectivity index (χ1v) is 9.68. The standard InChI is InChI=1S/C21H24ClN3O2/c22-18-8-6-16(7-9-18)14-24-20(26)10-13-25-12-3-4-17(15-25)21(27)19-5-1-2-11-23-19/h1-2,5-9,11,17H,3-4,10,12-15H2,(H,24,26). The van der Waals surface area contributed by atoms with Crippen molar-refractivity contribution in [2.75, 3.05) is 19.6 Å². The molecule has 6 heteroatoms. The zero-order valence-electron chi connectivity index (χ0n) is 15.2. The van der Waals surface area contributed by atoms with Gasteiger partial charge in [0.25, 0.3) is 0 Å². The quantitative estimate of drug-likeness (QED) is 0.742. The van der Waals surface area contributed by atoms with Gasteiger partial charge in [-0.05, 0) is 49.2 Å². The van der Waals surface area contributed by atoms with Crippen molar-refractivity contribution in [2.24, 2.45) is 5.92 Å². The zero-order chi connectivity index (χ0) is 19.1. The van der Waals surface area contributed by atoms with Gasteiger partial charge < -0.3 is 10.2 Å². The molecule has 1 aliphatic rings. The Morgan fingerprint density at radius 2 is 2.00 bits per heavy atom. The van der Waals surface area contributed by atoms with E-state index in [0.717, 1.165) is 24.9 Å². The predicted molar refractivity (Wildman–Crippen MR) is 106 cm³/mol. The molecule has 1 aliphatic heterocycles. The fourth-order valence-corrected chi connectivity index (χ4v) is 3.47. The number of pyridine rings is 1. The Morgan fingerprint density at radius 3 is 2.74 bits per heavy atom. The number of ketones is 1. The largest absolute Gasteiger partial charge is 0.352 e. The van der Waals surface area contributed by atoms with Gasteiger partial charge in [-0.15, -0.1) is 0 Å². The molecule has 1 saturated heterocycles. The highest BCUT2D eigenvalue weighted by Gasteiger charge is 2.27. The highest BCUT2D eigenvalue weighted by Crippen LogP contribution is 2.20. The molecular formula is C21H24ClN3O2. The number of nitrogens with zero attached hydrogens (tertiary/aromatic N) is 2. The zero-order valence-corrected chi connectivity index (χ0v) is 16.0. The van der Waals surface area contributed by atoms with Crippen LogP contribution in [-0.2, 0) is 11.3 Å². The Morgan fingerprint density at radius 1 is 1.19 bits per heavy atom. The highest BCUT2D eigenvalue weighted by atomic mass is 35.5. The van der Waals surface area contributed by atoms with Gasteiger partial charge in [-0.1, -0.05) is 29.8 Å². The molecule has 1 atom stereocenters. The molecule has 27 heavy (non-hydrogen) atoms. The van der Waals surface area contributed by atoms with Crippen molar-refractivity contribution < 1.29 is 9.59 Å². The summed E-state index contributed by atoms with van der Waals surface area (Å²) in [5, 5.41) is 3.62. The minimum absolute atomic E-state index is 0.0168. The number of carbonyl (C=O) groups excluding carboxylic acids is 2. The summed E-state index contributed by atoms with van der Waals surface area (Å²) in [6, 6.07) is 12.9. The molecule has 2 aromatic rings. The minimum atomic E-state index is -0.0363. The maximum absolute atomic E-state index is 12.6. The van der Waals surface area contributed by atoms with Gasteiger partial charge in [0.2, 0.25) is 5.91 Å². The third-order valence-electron chi connectivity index (χ3n) is 4.85. The maximum Gasteiger partial charge on any atom is 0.221 e. The summed E-state index contributed by atoms with van der Waals surface area (Å²) in [6.45, 7) is 2.78. The van der Waals surface area contributed by atoms with Crippen LogP contribution >= 0.6 is 11.6 Å². The highest BCUT2D eigenvalue weighted by molar-refractivity contribution is 6.30. The van der Waals surface area contributed by atoms with E-state index in [1.54, 1.807) is 12.3 Å². The lowest BCUT2D eigenvalue weighted by Gasteiger charge is -2.31. The van der Waals surface area contributed by atoms with Gasteiger partial charge >= 0.3 is 0 Å². The summed E-state index contributed by atoms with van der Waals surface area (Å²) in [4.78, 5) is 31.1. The number of rotatable bonds is 7. The van der Waals surface area contributed by atoms with Crippen LogP contribution in [0.3, 0.4) is 0 Å². The fraction of sp³-hybridized carbons (Fsp3) is 0.381. The van der Waals surface area contributed by atoms with E-state index in [1.807, 2.05) is 36.4 Å². The number of carbonyl (C=O) groups is 2. The lowest BCUT2D eigenvalue weighted by atomic mass is 9.92. The monoisotopic (exact) mass is 385 g/mol. The lowest BCUT2D eigenvalue weighted by molar-refractivity contribution is -0.121. The molecule has 0 spiro atoms. The molecule has 1 aromatic carbocycles. The smallest absolute Gasteiger partial charge is 0.221 e. The van der Waals surface area contributed by atoms with Gasteiger partial charge in [0, 0.05) is 43.2 Å². The van der Waals surface area contributed by atoms with Crippen molar-refractivity contribution in [1.82, 2.24) is 15.2 Å². The number of hydrogen-bond acceptors (Lipinski definition) is 4. The van der Waals surface area contributed by atoms with E-state index in [1.165, 1.54) is 0 Å². The van der Waals surface area contributed by atoms with Crippen molar-refractivity contribution in [3.63, 3.8) is 0 Å². The van der Waals surface area contributed by atoms with E-state index >= 15 is 0 Å². The van der Waals surface area contributed by atoms with Gasteiger partial charge in [0.15, 0.2) is 5.78 Å². The number of hydrogen-bond donors (Lipinski definition) is 1. The molecular weight excluding hydrogens is 362 g/mol. The summed E-state index contributed by atoms with van der Waals surface area (Å²) in [6.07, 6.45) is 3.93. The molecule has 0 aliphatic carbocycles. The number of Topliss-reactive ketones (excluding diaryl/α,β-unsaturated/α-hetero) is 1. The average Bonchev–Trinajstić information content (AvgIpc) is 2.72. The van der Waals surface area contributed by atoms with Crippen molar-refractivity contribution >= 4 is 23.3 Å². The van der Waals surface area contributed by atoms with Crippen LogP contribution < -0.4 is 5.32 Å². The van der Waals surface area contributed by atoms with E-state index in [9.17, 15) is 9.59 Å². The van der Waals surface area contributed by atoms with E-state index in [4.69, 9.17) is 11.6 Å². The molecule has 0 radical (unpaired) electrons. The van der Waals surface area contributed by atoms with Crippen LogP contribution in [0.2, 0.25) is 5.02 Å². The Balaban J connectivity index is 1.43. The summed E-state index contributed by atoms with van der Waals surface area (Å²) in [5.41, 5.74) is 1.55. The molecule has 2 heterocycles. The number of amides is 1. The van der Waals surface area contributed by atoms with Crippen LogP contribution in [0.25, 0.3) is 0 Å². The van der Waals surface area contributed by atoms with Gasteiger partial charge in [0.1, 0.15) is 5.69 Å². The Hall–Kier alpha value is -2.24. The van der Waals surface area contributed by atoms with Crippen LogP contribution in [0, 0.1) is 5.92 Å². The molecule has 0 saturated carbocycles. The maximum atomic E-state index is 12.6. The number of nitrogens with one attached hydrogen (secondary N) is 1. The van der Waals surface area contributed by atoms with Crippen LogP contribution in [0.5, 0.6) is 0 Å². The molecule has 1 unspecified atom stereocenters. The molecule has 0 bridgehead atoms. The number of likely N-dealkylation sites (tertiary alicyclic amines) is 1. The van der Waals surface area contributed by atoms with E-state index < -0.39 is 0 Å². The minimum Gasteiger partial charge on any atom is -0.352 e. The van der Waals surface area contributed by atoms with Crippen molar-refractivity contribution in [2.45, 2.75) is 25.8 Å². The number of halogens is 1. The molecule has 1 N–H and O–H groups in total. The number of aromatic nitrogens is 1. The van der Waals surface area contributed by atoms with E-state index in [-0.39, 0.29) is 17.6 Å². The first-order valence-electron chi connectivity index (χ1n) is 9.30. The second-order valence-electron chi connectivity index (χ2n) is 6.87. The molecule has 1 fully saturated rings. The van der Waals surface area contributed by atoms with Gasteiger partial charge in [-0.25, -0.2) is 0 Å². The second-order valence-corrected chi connectivity index (χ2v) is 7.31. The van der Waals surface area contributed by atoms with Gasteiger partial charge in [-0.2, -0.15) is 0 Å². The van der Waals surface area contributed by atoms with Crippen LogP contribution in [0.15, 0.2) is 48.7 Å². The Labute approximate surface area is 164 Å². The molecule has 1 amide bonds. The normalized spacial score (nSPS) is 17.4. The van der Waals surface area contributed by atoms with Crippen molar-refractivity contribution in [1.29, 1.82) is 0 Å². The Kier molecular flexibility index (Phi) is 6.96. The molecule has 1 aromatic heterocycles. The predicted octanol–water partition coefficient (Wildman–Crippen LogP) is 3.34. The molecule has 142 valence electrons. The summed E-state index contributed by atoms with van der Waals surface area (Å²) in [5.74, 6) is 0.0846. The van der Waals surface area contributed by atoms with Crippen LogP contribution in [0.1, 0.15) is 35.3 Å². The van der Waals surface area contributed by atoms with Crippen molar-refractivity contribution in [3.05, 3.63) is 64.9 Å². The molecule has 5 nitrogen and oxygen atoms in total. The first-order chi connectivity index (χ1) is 13.1. The lowest BCUT2D eigenvalue weighted by Crippen LogP contribution is -2.40. The number of piperidine rings is 1. The van der Waals surface area contributed by atoms with E-state index in [0.29, 0.717) is 36.8 Å². The summed E-state index contributed by atoms with van der Waals surface area (Å²) < 4.78 is 0. The SMILES string of the molecule is O=C(CCN1CCCC(C(=O)c2ccccn2)C1)NCc1ccc(Cl)cc1. The van der Waals surface area contributed by atoms with E-state index in [2.05, 4.69) is 15.2 Å². The summed E-state index contributed by atoms with van der Waals surface area (Å²) in [7, 11) is 0. The topological polar surface area (TPSA) is 62.3 Å².